The van der Waals surface area contributed by atoms with Gasteiger partial charge in [0.25, 0.3) is 0 Å². The molecule has 0 fully saturated rings. The maximum Gasteiger partial charge on any atom is 0.152 e. The molecule has 0 bridgehead atoms. The van der Waals surface area contributed by atoms with Gasteiger partial charge in [-0.25, -0.2) is 0 Å². The normalized spacial score (nSPS) is 14.6. The molecule has 12 heavy (non-hydrogen) atoms. The van der Waals surface area contributed by atoms with Gasteiger partial charge >= 0.3 is 0 Å². The molecule has 6 N–H and O–H groups in total. The van der Waals surface area contributed by atoms with Crippen molar-refractivity contribution in [1.29, 1.82) is 0 Å². The maximum absolute atomic E-state index is 5.52. The van der Waals surface area contributed by atoms with Gasteiger partial charge in [0, 0.05) is 5.57 Å². The van der Waals surface area contributed by atoms with Crippen LogP contribution in [0.2, 0.25) is 0 Å². The average Bonchev–Trinajstić information content (AvgIpc) is 2.04. The second kappa shape index (κ2) is 5.64. The van der Waals surface area contributed by atoms with E-state index < -0.39 is 0 Å². The van der Waals surface area contributed by atoms with Gasteiger partial charge in [-0.3, -0.25) is 0 Å². The average molecular weight is 278 g/mol. The standard InChI is InChI=1S/C7H11IN4/c1-2-3-4-5(6(8)9)7(10)12-11/h2-4H,1,9,11H2,(H2,10,12)/b4-3-,6-5+. The van der Waals surface area contributed by atoms with Crippen LogP contribution in [0, 0.1) is 0 Å². The highest BCUT2D eigenvalue weighted by Gasteiger charge is 2.01. The molecule has 0 aromatic carbocycles. The largest absolute Gasteiger partial charge is 0.393 e. The Kier molecular flexibility index (Phi) is 5.18. The molecular weight excluding hydrogens is 267 g/mol. The molecule has 0 radical (unpaired) electrons. The Labute approximate surface area is 85.0 Å². The van der Waals surface area contributed by atoms with Gasteiger partial charge in [-0.05, 0) is 28.7 Å². The number of hydrogen-bond donors (Lipinski definition) is 3. The minimum absolute atomic E-state index is 0.208. The fourth-order valence-electron chi connectivity index (χ4n) is 0.521. The molecule has 0 aromatic heterocycles. The molecule has 0 rings (SSSR count). The van der Waals surface area contributed by atoms with Crippen molar-refractivity contribution in [2.24, 2.45) is 22.4 Å². The first-order valence-corrected chi connectivity index (χ1v) is 4.19. The van der Waals surface area contributed by atoms with E-state index in [1.807, 2.05) is 22.6 Å². The van der Waals surface area contributed by atoms with Gasteiger partial charge in [-0.2, -0.15) is 5.10 Å². The molecule has 0 saturated heterocycles. The summed E-state index contributed by atoms with van der Waals surface area (Å²) in [6.45, 7) is 3.51. The number of halogens is 1. The minimum Gasteiger partial charge on any atom is -0.393 e. The van der Waals surface area contributed by atoms with Crippen molar-refractivity contribution in [1.82, 2.24) is 0 Å². The number of amidine groups is 1. The Morgan fingerprint density at radius 1 is 1.42 bits per heavy atom. The molecule has 0 aliphatic carbocycles. The van der Waals surface area contributed by atoms with E-state index in [1.54, 1.807) is 18.2 Å². The zero-order valence-corrected chi connectivity index (χ0v) is 8.65. The maximum atomic E-state index is 5.52. The summed E-state index contributed by atoms with van der Waals surface area (Å²) in [6, 6.07) is 0. The summed E-state index contributed by atoms with van der Waals surface area (Å²) in [7, 11) is 0. The molecule has 0 aliphatic heterocycles. The molecule has 0 unspecified atom stereocenters. The van der Waals surface area contributed by atoms with Crippen LogP contribution < -0.4 is 17.3 Å². The summed E-state index contributed by atoms with van der Waals surface area (Å²) in [5.41, 5.74) is 11.6. The van der Waals surface area contributed by atoms with Crippen molar-refractivity contribution in [3.63, 3.8) is 0 Å². The predicted molar refractivity (Wildman–Crippen MR) is 60.4 cm³/mol. The van der Waals surface area contributed by atoms with Crippen molar-refractivity contribution < 1.29 is 0 Å². The Hall–Kier alpha value is -0.980. The van der Waals surface area contributed by atoms with Gasteiger partial charge in [0.05, 0.1) is 3.70 Å². The molecular formula is C7H11IN4. The highest BCUT2D eigenvalue weighted by molar-refractivity contribution is 14.1. The molecule has 66 valence electrons. The first-order valence-electron chi connectivity index (χ1n) is 3.11. The van der Waals surface area contributed by atoms with Gasteiger partial charge in [-0.1, -0.05) is 18.7 Å². The second-order valence-corrected chi connectivity index (χ2v) is 3.03. The number of nitrogens with zero attached hydrogens (tertiary/aromatic N) is 1. The van der Waals surface area contributed by atoms with Gasteiger partial charge in [0.15, 0.2) is 5.84 Å². The van der Waals surface area contributed by atoms with Gasteiger partial charge in [0.2, 0.25) is 0 Å². The van der Waals surface area contributed by atoms with Gasteiger partial charge in [-0.15, -0.1) is 0 Å². The summed E-state index contributed by atoms with van der Waals surface area (Å²) in [5, 5.41) is 3.33. The molecule has 5 heteroatoms. The topological polar surface area (TPSA) is 90.4 Å². The van der Waals surface area contributed by atoms with Crippen LogP contribution in [0.4, 0.5) is 0 Å². The summed E-state index contributed by atoms with van der Waals surface area (Å²) in [5.74, 6) is 5.20. The lowest BCUT2D eigenvalue weighted by molar-refractivity contribution is 1.23. The first kappa shape index (κ1) is 11.0. The molecule has 0 aliphatic rings. The lowest BCUT2D eigenvalue weighted by Crippen LogP contribution is -2.18. The Balaban J connectivity index is 4.83. The number of hydrazone groups is 1. The number of nitrogens with two attached hydrogens (primary N) is 3. The Bertz CT molecular complexity index is 248. The summed E-state index contributed by atoms with van der Waals surface area (Å²) in [4.78, 5) is 0. The number of rotatable bonds is 3. The zero-order chi connectivity index (χ0) is 9.56. The lowest BCUT2D eigenvalue weighted by Gasteiger charge is -2.00. The third kappa shape index (κ3) is 3.42. The quantitative estimate of drug-likeness (QED) is 0.134. The van der Waals surface area contributed by atoms with Crippen LogP contribution in [0.25, 0.3) is 0 Å². The predicted octanol–water partition coefficient (Wildman–Crippen LogP) is 0.565. The fraction of sp³-hybridized carbons (Fsp3) is 0. The van der Waals surface area contributed by atoms with Crippen LogP contribution in [0.15, 0.2) is 39.2 Å². The van der Waals surface area contributed by atoms with Gasteiger partial charge in [0.1, 0.15) is 0 Å². The molecule has 0 saturated carbocycles. The van der Waals surface area contributed by atoms with Crippen LogP contribution in [0.5, 0.6) is 0 Å². The smallest absolute Gasteiger partial charge is 0.152 e. The van der Waals surface area contributed by atoms with E-state index in [0.29, 0.717) is 9.28 Å². The molecule has 0 atom stereocenters. The molecule has 0 aromatic rings. The van der Waals surface area contributed by atoms with Gasteiger partial charge < -0.3 is 17.3 Å². The monoisotopic (exact) mass is 278 g/mol. The van der Waals surface area contributed by atoms with E-state index in [9.17, 15) is 0 Å². The summed E-state index contributed by atoms with van der Waals surface area (Å²) in [6.07, 6.45) is 5.02. The molecule has 0 heterocycles. The Morgan fingerprint density at radius 2 is 2.00 bits per heavy atom. The Morgan fingerprint density at radius 3 is 2.33 bits per heavy atom. The van der Waals surface area contributed by atoms with E-state index in [-0.39, 0.29) is 5.84 Å². The van der Waals surface area contributed by atoms with Crippen LogP contribution in [0.3, 0.4) is 0 Å². The van der Waals surface area contributed by atoms with Crippen molar-refractivity contribution in [2.75, 3.05) is 0 Å². The molecule has 4 nitrogen and oxygen atoms in total. The van der Waals surface area contributed by atoms with E-state index in [4.69, 9.17) is 17.3 Å². The van der Waals surface area contributed by atoms with E-state index in [2.05, 4.69) is 11.7 Å². The number of allylic oxidation sites excluding steroid dienone is 2. The van der Waals surface area contributed by atoms with E-state index in [1.165, 1.54) is 0 Å². The number of hydrogen-bond acceptors (Lipinski definition) is 3. The molecule has 0 spiro atoms. The first-order chi connectivity index (χ1) is 5.63. The summed E-state index contributed by atoms with van der Waals surface area (Å²) < 4.78 is 0.539. The zero-order valence-electron chi connectivity index (χ0n) is 6.50. The fourth-order valence-corrected chi connectivity index (χ4v) is 0.977. The van der Waals surface area contributed by atoms with Crippen LogP contribution in [0.1, 0.15) is 0 Å². The van der Waals surface area contributed by atoms with Crippen LogP contribution in [-0.2, 0) is 0 Å². The highest BCUT2D eigenvalue weighted by Crippen LogP contribution is 2.07. The summed E-state index contributed by atoms with van der Waals surface area (Å²) >= 11 is 1.94. The van der Waals surface area contributed by atoms with Crippen LogP contribution in [-0.4, -0.2) is 5.84 Å². The second-order valence-electron chi connectivity index (χ2n) is 1.87. The molecule has 0 amide bonds. The van der Waals surface area contributed by atoms with Crippen molar-refractivity contribution >= 4 is 28.4 Å². The minimum atomic E-state index is 0.208. The lowest BCUT2D eigenvalue weighted by atomic mass is 10.2. The van der Waals surface area contributed by atoms with Crippen molar-refractivity contribution in [3.8, 4) is 0 Å². The third-order valence-electron chi connectivity index (χ3n) is 1.07. The van der Waals surface area contributed by atoms with Crippen molar-refractivity contribution in [2.45, 2.75) is 0 Å². The van der Waals surface area contributed by atoms with Crippen LogP contribution >= 0.6 is 22.6 Å². The highest BCUT2D eigenvalue weighted by atomic mass is 127. The van der Waals surface area contributed by atoms with E-state index >= 15 is 0 Å². The van der Waals surface area contributed by atoms with E-state index in [0.717, 1.165) is 0 Å². The SMILES string of the molecule is C=C/C=C\C(C(N)=NN)=C(/N)I. The van der Waals surface area contributed by atoms with Crippen molar-refractivity contribution in [3.05, 3.63) is 34.1 Å². The third-order valence-corrected chi connectivity index (χ3v) is 1.65.